The molecule has 5 nitrogen and oxygen atoms in total. The van der Waals surface area contributed by atoms with Crippen molar-refractivity contribution in [1.82, 2.24) is 4.90 Å². The standard InChI is InChI=1S/C9H11NO4/c1-3-14-9(13)6-5-10(2)8(12)4-7(6)11/h5H,3-4H2,1-2H3. The third kappa shape index (κ3) is 1.99. The van der Waals surface area contributed by atoms with E-state index in [0.29, 0.717) is 0 Å². The minimum Gasteiger partial charge on any atom is -0.462 e. The Balaban J connectivity index is 2.87. The second-order valence-electron chi connectivity index (χ2n) is 2.87. The first-order valence-electron chi connectivity index (χ1n) is 4.24. The van der Waals surface area contributed by atoms with Crippen LogP contribution < -0.4 is 0 Å². The van der Waals surface area contributed by atoms with Crippen molar-refractivity contribution in [2.24, 2.45) is 0 Å². The first-order chi connectivity index (χ1) is 6.56. The van der Waals surface area contributed by atoms with Crippen LogP contribution in [0.25, 0.3) is 0 Å². The molecule has 0 aromatic rings. The maximum atomic E-state index is 11.2. The lowest BCUT2D eigenvalue weighted by Gasteiger charge is -2.18. The summed E-state index contributed by atoms with van der Waals surface area (Å²) in [4.78, 5) is 34.7. The van der Waals surface area contributed by atoms with E-state index in [4.69, 9.17) is 0 Å². The Labute approximate surface area is 81.3 Å². The molecule has 1 heterocycles. The van der Waals surface area contributed by atoms with Crippen LogP contribution in [-0.2, 0) is 19.1 Å². The lowest BCUT2D eigenvalue weighted by atomic mass is 10.1. The Hall–Kier alpha value is -1.65. The van der Waals surface area contributed by atoms with Crippen molar-refractivity contribution in [3.05, 3.63) is 11.8 Å². The topological polar surface area (TPSA) is 63.7 Å². The highest BCUT2D eigenvalue weighted by Crippen LogP contribution is 2.12. The summed E-state index contributed by atoms with van der Waals surface area (Å²) in [6.45, 7) is 1.86. The van der Waals surface area contributed by atoms with Gasteiger partial charge in [-0.2, -0.15) is 0 Å². The van der Waals surface area contributed by atoms with Crippen molar-refractivity contribution in [2.45, 2.75) is 13.3 Å². The molecular weight excluding hydrogens is 186 g/mol. The van der Waals surface area contributed by atoms with Crippen LogP contribution in [0.4, 0.5) is 0 Å². The van der Waals surface area contributed by atoms with Crippen molar-refractivity contribution in [2.75, 3.05) is 13.7 Å². The van der Waals surface area contributed by atoms with E-state index in [-0.39, 0.29) is 24.5 Å². The summed E-state index contributed by atoms with van der Waals surface area (Å²) in [6, 6.07) is 0. The Morgan fingerprint density at radius 3 is 2.79 bits per heavy atom. The molecule has 0 fully saturated rings. The van der Waals surface area contributed by atoms with Crippen LogP contribution in [0.3, 0.4) is 0 Å². The predicted octanol–water partition coefficient (Wildman–Crippen LogP) is -0.135. The Bertz CT molecular complexity index is 319. The smallest absolute Gasteiger partial charge is 0.343 e. The van der Waals surface area contributed by atoms with Crippen LogP contribution in [0, 0.1) is 0 Å². The van der Waals surface area contributed by atoms with Crippen molar-refractivity contribution in [3.8, 4) is 0 Å². The van der Waals surface area contributed by atoms with Crippen molar-refractivity contribution < 1.29 is 19.1 Å². The maximum Gasteiger partial charge on any atom is 0.343 e. The number of carbonyl (C=O) groups excluding carboxylic acids is 3. The lowest BCUT2D eigenvalue weighted by molar-refractivity contribution is -0.141. The molecule has 0 aliphatic carbocycles. The number of hydrogen-bond donors (Lipinski definition) is 0. The molecule has 0 N–H and O–H groups in total. The molecule has 14 heavy (non-hydrogen) atoms. The molecular formula is C9H11NO4. The molecule has 1 amide bonds. The van der Waals surface area contributed by atoms with Gasteiger partial charge in [-0.3, -0.25) is 9.59 Å². The zero-order valence-electron chi connectivity index (χ0n) is 8.07. The zero-order valence-corrected chi connectivity index (χ0v) is 8.07. The molecule has 0 saturated heterocycles. The normalized spacial score (nSPS) is 16.7. The number of esters is 1. The predicted molar refractivity (Wildman–Crippen MR) is 47.1 cm³/mol. The van der Waals surface area contributed by atoms with Crippen molar-refractivity contribution in [1.29, 1.82) is 0 Å². The van der Waals surface area contributed by atoms with Crippen molar-refractivity contribution in [3.63, 3.8) is 0 Å². The summed E-state index contributed by atoms with van der Waals surface area (Å²) in [5.41, 5.74) is -0.0612. The van der Waals surface area contributed by atoms with Crippen LogP contribution in [0.1, 0.15) is 13.3 Å². The van der Waals surface area contributed by atoms with Gasteiger partial charge in [0.15, 0.2) is 5.78 Å². The van der Waals surface area contributed by atoms with E-state index < -0.39 is 11.8 Å². The number of hydrogen-bond acceptors (Lipinski definition) is 4. The second kappa shape index (κ2) is 4.04. The van der Waals surface area contributed by atoms with E-state index in [9.17, 15) is 14.4 Å². The van der Waals surface area contributed by atoms with E-state index in [2.05, 4.69) is 4.74 Å². The summed E-state index contributed by atoms with van der Waals surface area (Å²) >= 11 is 0. The first-order valence-corrected chi connectivity index (χ1v) is 4.24. The van der Waals surface area contributed by atoms with E-state index in [1.54, 1.807) is 6.92 Å². The van der Waals surface area contributed by atoms with Gasteiger partial charge in [0.2, 0.25) is 5.91 Å². The summed E-state index contributed by atoms with van der Waals surface area (Å²) in [7, 11) is 1.49. The molecule has 1 rings (SSSR count). The molecule has 1 aliphatic rings. The average molecular weight is 197 g/mol. The third-order valence-corrected chi connectivity index (χ3v) is 1.82. The second-order valence-corrected chi connectivity index (χ2v) is 2.87. The van der Waals surface area contributed by atoms with E-state index in [0.717, 1.165) is 0 Å². The van der Waals surface area contributed by atoms with Crippen LogP contribution in [0.5, 0.6) is 0 Å². The fraction of sp³-hybridized carbons (Fsp3) is 0.444. The minimum absolute atomic E-state index is 0.0612. The third-order valence-electron chi connectivity index (χ3n) is 1.82. The quantitative estimate of drug-likeness (QED) is 0.351. The maximum absolute atomic E-state index is 11.2. The summed E-state index contributed by atoms with van der Waals surface area (Å²) < 4.78 is 4.67. The van der Waals surface area contributed by atoms with Crippen LogP contribution in [0.15, 0.2) is 11.8 Å². The Kier molecular flexibility index (Phi) is 3.01. The highest BCUT2D eigenvalue weighted by Gasteiger charge is 2.28. The lowest BCUT2D eigenvalue weighted by Crippen LogP contribution is -2.33. The molecule has 0 bridgehead atoms. The van der Waals surface area contributed by atoms with Gasteiger partial charge in [-0.25, -0.2) is 4.79 Å². The average Bonchev–Trinajstić information content (AvgIpc) is 2.11. The molecule has 0 atom stereocenters. The number of amides is 1. The summed E-state index contributed by atoms with van der Waals surface area (Å²) in [5, 5.41) is 0. The van der Waals surface area contributed by atoms with Gasteiger partial charge in [0.25, 0.3) is 0 Å². The van der Waals surface area contributed by atoms with Gasteiger partial charge in [-0.1, -0.05) is 0 Å². The summed E-state index contributed by atoms with van der Waals surface area (Å²) in [6.07, 6.45) is 0.952. The van der Waals surface area contributed by atoms with Gasteiger partial charge in [0, 0.05) is 13.2 Å². The molecule has 0 aromatic heterocycles. The van der Waals surface area contributed by atoms with Crippen LogP contribution in [-0.4, -0.2) is 36.2 Å². The SMILES string of the molecule is CCOC(=O)C1=CN(C)C(=O)CC1=O. The summed E-state index contributed by atoms with van der Waals surface area (Å²) in [5.74, 6) is -1.47. The van der Waals surface area contributed by atoms with E-state index >= 15 is 0 Å². The van der Waals surface area contributed by atoms with Gasteiger partial charge < -0.3 is 9.64 Å². The van der Waals surface area contributed by atoms with Crippen molar-refractivity contribution >= 4 is 17.7 Å². The van der Waals surface area contributed by atoms with Gasteiger partial charge in [0.05, 0.1) is 13.0 Å². The molecule has 0 radical (unpaired) electrons. The zero-order chi connectivity index (χ0) is 10.7. The number of Topliss-reactive ketones (excluding diaryl/α,β-unsaturated/α-hetero) is 1. The van der Waals surface area contributed by atoms with Gasteiger partial charge >= 0.3 is 5.97 Å². The fourth-order valence-electron chi connectivity index (χ4n) is 1.07. The molecule has 5 heteroatoms. The van der Waals surface area contributed by atoms with Gasteiger partial charge in [0.1, 0.15) is 5.57 Å². The minimum atomic E-state index is -0.670. The number of rotatable bonds is 2. The molecule has 0 unspecified atom stereocenters. The van der Waals surface area contributed by atoms with Gasteiger partial charge in [-0.15, -0.1) is 0 Å². The van der Waals surface area contributed by atoms with E-state index in [1.165, 1.54) is 18.1 Å². The highest BCUT2D eigenvalue weighted by molar-refractivity contribution is 6.23. The monoisotopic (exact) mass is 197 g/mol. The largest absolute Gasteiger partial charge is 0.462 e. The highest BCUT2D eigenvalue weighted by atomic mass is 16.5. The number of carbonyl (C=O) groups is 3. The van der Waals surface area contributed by atoms with Crippen LogP contribution in [0.2, 0.25) is 0 Å². The molecule has 76 valence electrons. The first kappa shape index (κ1) is 10.4. The molecule has 0 aromatic carbocycles. The Morgan fingerprint density at radius 1 is 1.57 bits per heavy atom. The van der Waals surface area contributed by atoms with E-state index in [1.807, 2.05) is 0 Å². The fourth-order valence-corrected chi connectivity index (χ4v) is 1.07. The molecule has 1 aliphatic heterocycles. The van der Waals surface area contributed by atoms with Gasteiger partial charge in [-0.05, 0) is 6.92 Å². The number of nitrogens with zero attached hydrogens (tertiary/aromatic N) is 1. The van der Waals surface area contributed by atoms with Crippen LogP contribution >= 0.6 is 0 Å². The number of ketones is 1. The molecule has 0 spiro atoms. The molecule has 0 saturated carbocycles. The number of ether oxygens (including phenoxy) is 1. The Morgan fingerprint density at radius 2 is 2.21 bits per heavy atom.